The van der Waals surface area contributed by atoms with Crippen molar-refractivity contribution in [2.45, 2.75) is 33.7 Å². The second-order valence-electron chi connectivity index (χ2n) is 4.93. The number of hydrogen-bond donors (Lipinski definition) is 1. The van der Waals surface area contributed by atoms with Crippen molar-refractivity contribution in [1.29, 1.82) is 0 Å². The summed E-state index contributed by atoms with van der Waals surface area (Å²) in [6, 6.07) is 2.51. The first-order chi connectivity index (χ1) is 8.40. The van der Waals surface area contributed by atoms with Gasteiger partial charge in [0.05, 0.1) is 5.69 Å². The fourth-order valence-electron chi connectivity index (χ4n) is 1.45. The van der Waals surface area contributed by atoms with Crippen molar-refractivity contribution >= 4 is 37.9 Å². The molecule has 0 amide bonds. The largest absolute Gasteiger partial charge is 0.311 e. The Bertz CT molecular complexity index is 426. The van der Waals surface area contributed by atoms with Gasteiger partial charge in [0, 0.05) is 27.7 Å². The SMILES string of the molecule is CC(C)NCC(=Cc1ncc(Br)cc1Br)C(C)C. The minimum absolute atomic E-state index is 0.494. The van der Waals surface area contributed by atoms with Gasteiger partial charge < -0.3 is 5.32 Å². The van der Waals surface area contributed by atoms with Crippen molar-refractivity contribution in [2.24, 2.45) is 5.92 Å². The standard InChI is InChI=1S/C14H20Br2N2/c1-9(2)11(7-17-10(3)4)5-14-13(16)6-12(15)8-18-14/h5-6,8-10,17H,7H2,1-4H3. The smallest absolute Gasteiger partial charge is 0.0772 e. The van der Waals surface area contributed by atoms with E-state index < -0.39 is 0 Å². The monoisotopic (exact) mass is 374 g/mol. The zero-order valence-corrected chi connectivity index (χ0v) is 14.5. The van der Waals surface area contributed by atoms with Gasteiger partial charge in [0.15, 0.2) is 0 Å². The molecule has 0 bridgehead atoms. The Morgan fingerprint density at radius 3 is 2.50 bits per heavy atom. The molecule has 0 aliphatic carbocycles. The van der Waals surface area contributed by atoms with Crippen LogP contribution in [0.2, 0.25) is 0 Å². The molecule has 1 aromatic heterocycles. The van der Waals surface area contributed by atoms with Crippen LogP contribution in [0.5, 0.6) is 0 Å². The number of nitrogens with zero attached hydrogens (tertiary/aromatic N) is 1. The molecule has 0 unspecified atom stereocenters. The van der Waals surface area contributed by atoms with E-state index in [-0.39, 0.29) is 0 Å². The van der Waals surface area contributed by atoms with Gasteiger partial charge in [-0.1, -0.05) is 33.3 Å². The number of rotatable bonds is 5. The van der Waals surface area contributed by atoms with Gasteiger partial charge in [0.1, 0.15) is 0 Å². The number of pyridine rings is 1. The minimum Gasteiger partial charge on any atom is -0.311 e. The van der Waals surface area contributed by atoms with Crippen LogP contribution in [0.15, 0.2) is 26.8 Å². The van der Waals surface area contributed by atoms with Gasteiger partial charge in [0.25, 0.3) is 0 Å². The normalized spacial score (nSPS) is 12.6. The molecule has 0 aromatic carbocycles. The quantitative estimate of drug-likeness (QED) is 0.810. The van der Waals surface area contributed by atoms with Gasteiger partial charge in [-0.05, 0) is 49.9 Å². The first-order valence-electron chi connectivity index (χ1n) is 6.15. The highest BCUT2D eigenvalue weighted by molar-refractivity contribution is 9.11. The molecule has 4 heteroatoms. The molecule has 18 heavy (non-hydrogen) atoms. The van der Waals surface area contributed by atoms with Crippen LogP contribution in [-0.4, -0.2) is 17.6 Å². The van der Waals surface area contributed by atoms with E-state index in [4.69, 9.17) is 0 Å². The Kier molecular flexibility index (Phi) is 6.53. The van der Waals surface area contributed by atoms with E-state index in [0.717, 1.165) is 21.2 Å². The zero-order valence-electron chi connectivity index (χ0n) is 11.3. The second kappa shape index (κ2) is 7.41. The third kappa shape index (κ3) is 5.21. The van der Waals surface area contributed by atoms with E-state index in [2.05, 4.69) is 75.9 Å². The van der Waals surface area contributed by atoms with Crippen LogP contribution >= 0.6 is 31.9 Å². The molecular formula is C14H20Br2N2. The Morgan fingerprint density at radius 1 is 1.33 bits per heavy atom. The summed E-state index contributed by atoms with van der Waals surface area (Å²) >= 11 is 6.96. The summed E-state index contributed by atoms with van der Waals surface area (Å²) in [6.07, 6.45) is 3.99. The number of hydrogen-bond acceptors (Lipinski definition) is 2. The minimum atomic E-state index is 0.494. The molecule has 0 radical (unpaired) electrons. The lowest BCUT2D eigenvalue weighted by Crippen LogP contribution is -2.26. The van der Waals surface area contributed by atoms with Gasteiger partial charge in [-0.25, -0.2) is 0 Å². The number of halogens is 2. The van der Waals surface area contributed by atoms with E-state index in [0.29, 0.717) is 12.0 Å². The highest BCUT2D eigenvalue weighted by atomic mass is 79.9. The average molecular weight is 376 g/mol. The molecule has 0 aliphatic heterocycles. The van der Waals surface area contributed by atoms with Crippen molar-refractivity contribution in [3.63, 3.8) is 0 Å². The summed E-state index contributed by atoms with van der Waals surface area (Å²) in [4.78, 5) is 4.43. The first-order valence-corrected chi connectivity index (χ1v) is 7.73. The number of aromatic nitrogens is 1. The Labute approximate surface area is 127 Å². The molecule has 0 fully saturated rings. The molecule has 0 atom stereocenters. The molecule has 1 rings (SSSR count). The maximum Gasteiger partial charge on any atom is 0.0772 e. The van der Waals surface area contributed by atoms with Crippen LogP contribution in [0.1, 0.15) is 33.4 Å². The maximum atomic E-state index is 4.43. The predicted molar refractivity (Wildman–Crippen MR) is 85.6 cm³/mol. The molecule has 1 heterocycles. The first kappa shape index (κ1) is 15.9. The topological polar surface area (TPSA) is 24.9 Å². The molecule has 0 spiro atoms. The van der Waals surface area contributed by atoms with E-state index in [1.165, 1.54) is 5.57 Å². The van der Waals surface area contributed by atoms with E-state index >= 15 is 0 Å². The summed E-state index contributed by atoms with van der Waals surface area (Å²) in [5, 5.41) is 3.46. The summed E-state index contributed by atoms with van der Waals surface area (Å²) in [6.45, 7) is 9.64. The lowest BCUT2D eigenvalue weighted by atomic mass is 10.0. The van der Waals surface area contributed by atoms with Gasteiger partial charge in [-0.3, -0.25) is 4.98 Å². The lowest BCUT2D eigenvalue weighted by molar-refractivity contribution is 0.593. The molecule has 0 aliphatic rings. The van der Waals surface area contributed by atoms with Crippen LogP contribution < -0.4 is 5.32 Å². The average Bonchev–Trinajstić information content (AvgIpc) is 2.26. The van der Waals surface area contributed by atoms with Gasteiger partial charge in [0.2, 0.25) is 0 Å². The van der Waals surface area contributed by atoms with E-state index in [1.54, 1.807) is 0 Å². The van der Waals surface area contributed by atoms with Crippen LogP contribution in [0.25, 0.3) is 6.08 Å². The summed E-state index contributed by atoms with van der Waals surface area (Å²) in [5.74, 6) is 0.508. The molecular weight excluding hydrogens is 356 g/mol. The fourth-order valence-corrected chi connectivity index (χ4v) is 2.55. The summed E-state index contributed by atoms with van der Waals surface area (Å²) < 4.78 is 2.00. The van der Waals surface area contributed by atoms with Crippen LogP contribution in [0.3, 0.4) is 0 Å². The third-order valence-corrected chi connectivity index (χ3v) is 3.68. The van der Waals surface area contributed by atoms with Gasteiger partial charge in [-0.2, -0.15) is 0 Å². The molecule has 1 aromatic rings. The Hall–Kier alpha value is -0.190. The van der Waals surface area contributed by atoms with Gasteiger partial charge >= 0.3 is 0 Å². The van der Waals surface area contributed by atoms with Crippen molar-refractivity contribution in [3.05, 3.63) is 32.5 Å². The summed E-state index contributed by atoms with van der Waals surface area (Å²) in [5.41, 5.74) is 2.34. The van der Waals surface area contributed by atoms with E-state index in [1.807, 2.05) is 12.3 Å². The van der Waals surface area contributed by atoms with Crippen LogP contribution in [-0.2, 0) is 0 Å². The lowest BCUT2D eigenvalue weighted by Gasteiger charge is -2.15. The molecule has 1 N–H and O–H groups in total. The highest BCUT2D eigenvalue weighted by Crippen LogP contribution is 2.23. The maximum absolute atomic E-state index is 4.43. The predicted octanol–water partition coefficient (Wildman–Crippen LogP) is 4.64. The van der Waals surface area contributed by atoms with Crippen molar-refractivity contribution in [1.82, 2.24) is 10.3 Å². The highest BCUT2D eigenvalue weighted by Gasteiger charge is 2.07. The zero-order chi connectivity index (χ0) is 13.7. The van der Waals surface area contributed by atoms with E-state index in [9.17, 15) is 0 Å². The van der Waals surface area contributed by atoms with Crippen LogP contribution in [0, 0.1) is 5.92 Å². The molecule has 2 nitrogen and oxygen atoms in total. The number of nitrogens with one attached hydrogen (secondary N) is 1. The summed E-state index contributed by atoms with van der Waals surface area (Å²) in [7, 11) is 0. The van der Waals surface area contributed by atoms with Crippen molar-refractivity contribution in [2.75, 3.05) is 6.54 Å². The Balaban J connectivity index is 2.93. The molecule has 0 saturated heterocycles. The third-order valence-electron chi connectivity index (χ3n) is 2.61. The van der Waals surface area contributed by atoms with Crippen molar-refractivity contribution < 1.29 is 0 Å². The molecule has 0 saturated carbocycles. The van der Waals surface area contributed by atoms with Gasteiger partial charge in [-0.15, -0.1) is 0 Å². The van der Waals surface area contributed by atoms with Crippen LogP contribution in [0.4, 0.5) is 0 Å². The Morgan fingerprint density at radius 2 is 2.00 bits per heavy atom. The molecule has 100 valence electrons. The second-order valence-corrected chi connectivity index (χ2v) is 6.70. The fraction of sp³-hybridized carbons (Fsp3) is 0.500. The van der Waals surface area contributed by atoms with Crippen molar-refractivity contribution in [3.8, 4) is 0 Å².